The van der Waals surface area contributed by atoms with E-state index in [4.69, 9.17) is 4.98 Å². The molecule has 26 heavy (non-hydrogen) atoms. The molecule has 4 aromatic rings. The molecule has 3 aromatic carbocycles. The summed E-state index contributed by atoms with van der Waals surface area (Å²) < 4.78 is 15.3. The summed E-state index contributed by atoms with van der Waals surface area (Å²) in [4.78, 5) is 4.76. The highest BCUT2D eigenvalue weighted by atomic mass is 19.1. The third-order valence-electron chi connectivity index (χ3n) is 4.44. The Kier molecular flexibility index (Phi) is 4.36. The van der Waals surface area contributed by atoms with E-state index in [2.05, 4.69) is 41.8 Å². The molecule has 1 heterocycles. The predicted octanol–water partition coefficient (Wildman–Crippen LogP) is 5.70. The second kappa shape index (κ2) is 6.96. The second-order valence-corrected chi connectivity index (χ2v) is 6.42. The van der Waals surface area contributed by atoms with Gasteiger partial charge in [0, 0.05) is 6.54 Å². The Bertz CT molecular complexity index is 1060. The van der Waals surface area contributed by atoms with Gasteiger partial charge in [-0.1, -0.05) is 60.2 Å². The number of fused-ring (bicyclic) bond motifs is 1. The maximum Gasteiger partial charge on any atom is 0.134 e. The van der Waals surface area contributed by atoms with Crippen LogP contribution < -0.4 is 0 Å². The molecule has 0 aliphatic heterocycles. The average molecular weight is 342 g/mol. The van der Waals surface area contributed by atoms with Crippen LogP contribution >= 0.6 is 0 Å². The summed E-state index contributed by atoms with van der Waals surface area (Å²) in [5.74, 6) is 0.657. The van der Waals surface area contributed by atoms with Gasteiger partial charge in [0.15, 0.2) is 0 Å². The van der Waals surface area contributed by atoms with Gasteiger partial charge in [-0.2, -0.15) is 0 Å². The molecule has 0 radical (unpaired) electrons. The summed E-state index contributed by atoms with van der Waals surface area (Å²) >= 11 is 0. The van der Waals surface area contributed by atoms with E-state index >= 15 is 0 Å². The van der Waals surface area contributed by atoms with Crippen molar-refractivity contribution in [1.82, 2.24) is 9.55 Å². The molecule has 0 spiro atoms. The molecule has 0 aliphatic carbocycles. The van der Waals surface area contributed by atoms with Crippen molar-refractivity contribution in [1.29, 1.82) is 0 Å². The lowest BCUT2D eigenvalue weighted by atomic mass is 10.1. The van der Waals surface area contributed by atoms with E-state index in [1.807, 2.05) is 30.4 Å². The first kappa shape index (κ1) is 16.3. The molecule has 0 amide bonds. The summed E-state index contributed by atoms with van der Waals surface area (Å²) in [7, 11) is 0. The Balaban J connectivity index is 1.73. The number of rotatable bonds is 4. The maximum atomic E-state index is 13.1. The van der Waals surface area contributed by atoms with Crippen molar-refractivity contribution >= 4 is 23.2 Å². The largest absolute Gasteiger partial charge is 0.320 e. The quantitative estimate of drug-likeness (QED) is 0.465. The molecule has 0 unspecified atom stereocenters. The molecule has 0 aliphatic rings. The molecule has 1 aromatic heterocycles. The van der Waals surface area contributed by atoms with Gasteiger partial charge in [0.2, 0.25) is 0 Å². The van der Waals surface area contributed by atoms with Crippen LogP contribution in [0.4, 0.5) is 4.39 Å². The van der Waals surface area contributed by atoms with Crippen molar-refractivity contribution in [3.63, 3.8) is 0 Å². The van der Waals surface area contributed by atoms with Crippen LogP contribution in [0.15, 0.2) is 72.8 Å². The van der Waals surface area contributed by atoms with Crippen LogP contribution in [0.2, 0.25) is 0 Å². The van der Waals surface area contributed by atoms with Gasteiger partial charge in [-0.25, -0.2) is 9.37 Å². The zero-order chi connectivity index (χ0) is 17.9. The lowest BCUT2D eigenvalue weighted by molar-refractivity contribution is 0.628. The zero-order valence-electron chi connectivity index (χ0n) is 14.6. The molecule has 3 heteroatoms. The van der Waals surface area contributed by atoms with E-state index in [-0.39, 0.29) is 5.82 Å². The third kappa shape index (κ3) is 3.42. The maximum absolute atomic E-state index is 13.1. The van der Waals surface area contributed by atoms with Gasteiger partial charge in [0.05, 0.1) is 11.0 Å². The van der Waals surface area contributed by atoms with Crippen LogP contribution in [-0.2, 0) is 6.54 Å². The number of aryl methyl sites for hydroxylation is 1. The SMILES string of the molecule is Cc1ccc(Cn2c(C=Cc3ccc(F)cc3)nc3ccccc32)cc1. The summed E-state index contributed by atoms with van der Waals surface area (Å²) in [5, 5.41) is 0. The van der Waals surface area contributed by atoms with E-state index in [9.17, 15) is 4.39 Å². The normalized spacial score (nSPS) is 11.5. The van der Waals surface area contributed by atoms with Crippen LogP contribution in [0, 0.1) is 12.7 Å². The Morgan fingerprint density at radius 2 is 1.62 bits per heavy atom. The monoisotopic (exact) mass is 342 g/mol. The van der Waals surface area contributed by atoms with Gasteiger partial charge in [-0.3, -0.25) is 0 Å². The highest BCUT2D eigenvalue weighted by molar-refractivity contribution is 5.80. The topological polar surface area (TPSA) is 17.8 Å². The van der Waals surface area contributed by atoms with Crippen molar-refractivity contribution in [3.05, 3.63) is 101 Å². The summed E-state index contributed by atoms with van der Waals surface area (Å²) in [5.41, 5.74) is 5.50. The number of halogens is 1. The molecule has 0 fully saturated rings. The highest BCUT2D eigenvalue weighted by Gasteiger charge is 2.08. The van der Waals surface area contributed by atoms with Gasteiger partial charge in [-0.15, -0.1) is 0 Å². The lowest BCUT2D eigenvalue weighted by Gasteiger charge is -2.08. The smallest absolute Gasteiger partial charge is 0.134 e. The number of benzene rings is 3. The fourth-order valence-electron chi connectivity index (χ4n) is 3.01. The fraction of sp³-hybridized carbons (Fsp3) is 0.0870. The van der Waals surface area contributed by atoms with Crippen molar-refractivity contribution < 1.29 is 4.39 Å². The minimum atomic E-state index is -0.228. The van der Waals surface area contributed by atoms with Gasteiger partial charge in [0.25, 0.3) is 0 Å². The minimum absolute atomic E-state index is 0.228. The number of imidazole rings is 1. The van der Waals surface area contributed by atoms with Crippen LogP contribution in [-0.4, -0.2) is 9.55 Å². The molecular weight excluding hydrogens is 323 g/mol. The van der Waals surface area contributed by atoms with Crippen molar-refractivity contribution in [2.75, 3.05) is 0 Å². The molecule has 0 atom stereocenters. The first-order valence-corrected chi connectivity index (χ1v) is 8.63. The van der Waals surface area contributed by atoms with Gasteiger partial charge in [0.1, 0.15) is 11.6 Å². The fourth-order valence-corrected chi connectivity index (χ4v) is 3.01. The molecule has 0 saturated heterocycles. The third-order valence-corrected chi connectivity index (χ3v) is 4.44. The van der Waals surface area contributed by atoms with Gasteiger partial charge in [-0.05, 0) is 48.4 Å². The number of hydrogen-bond acceptors (Lipinski definition) is 1. The number of para-hydroxylation sites is 2. The summed E-state index contributed by atoms with van der Waals surface area (Å²) in [6, 6.07) is 23.2. The molecule has 2 nitrogen and oxygen atoms in total. The first-order chi connectivity index (χ1) is 12.7. The molecule has 0 N–H and O–H groups in total. The van der Waals surface area contributed by atoms with Crippen LogP contribution in [0.25, 0.3) is 23.2 Å². The Morgan fingerprint density at radius 1 is 0.885 bits per heavy atom. The van der Waals surface area contributed by atoms with Crippen LogP contribution in [0.3, 0.4) is 0 Å². The van der Waals surface area contributed by atoms with Gasteiger partial charge < -0.3 is 4.57 Å². The van der Waals surface area contributed by atoms with E-state index in [1.165, 1.54) is 23.3 Å². The first-order valence-electron chi connectivity index (χ1n) is 8.63. The number of hydrogen-bond donors (Lipinski definition) is 0. The summed E-state index contributed by atoms with van der Waals surface area (Å²) in [6.07, 6.45) is 3.95. The molecule has 128 valence electrons. The lowest BCUT2D eigenvalue weighted by Crippen LogP contribution is -2.02. The zero-order valence-corrected chi connectivity index (χ0v) is 14.6. The van der Waals surface area contributed by atoms with E-state index in [0.717, 1.165) is 29.0 Å². The van der Waals surface area contributed by atoms with E-state index < -0.39 is 0 Å². The molecule has 0 saturated carbocycles. The average Bonchev–Trinajstić information content (AvgIpc) is 3.01. The minimum Gasteiger partial charge on any atom is -0.320 e. The van der Waals surface area contributed by atoms with Crippen LogP contribution in [0.1, 0.15) is 22.5 Å². The van der Waals surface area contributed by atoms with Gasteiger partial charge >= 0.3 is 0 Å². The van der Waals surface area contributed by atoms with Crippen molar-refractivity contribution in [2.24, 2.45) is 0 Å². The van der Waals surface area contributed by atoms with E-state index in [1.54, 1.807) is 12.1 Å². The molecular formula is C23H19FN2. The highest BCUT2D eigenvalue weighted by Crippen LogP contribution is 2.20. The Labute approximate surface area is 152 Å². The standard InChI is InChI=1S/C23H19FN2/c1-17-6-8-19(9-7-17)16-26-22-5-3-2-4-21(22)25-23(26)15-12-18-10-13-20(24)14-11-18/h2-15H,16H2,1H3. The van der Waals surface area contributed by atoms with Crippen LogP contribution in [0.5, 0.6) is 0 Å². The summed E-state index contributed by atoms with van der Waals surface area (Å²) in [6.45, 7) is 2.84. The Morgan fingerprint density at radius 3 is 2.38 bits per heavy atom. The molecule has 4 rings (SSSR count). The number of aromatic nitrogens is 2. The number of nitrogens with zero attached hydrogens (tertiary/aromatic N) is 2. The predicted molar refractivity (Wildman–Crippen MR) is 105 cm³/mol. The van der Waals surface area contributed by atoms with Crippen molar-refractivity contribution in [2.45, 2.75) is 13.5 Å². The van der Waals surface area contributed by atoms with Crippen molar-refractivity contribution in [3.8, 4) is 0 Å². The van der Waals surface area contributed by atoms with E-state index in [0.29, 0.717) is 0 Å². The second-order valence-electron chi connectivity index (χ2n) is 6.42. The molecule has 0 bridgehead atoms. The Hall–Kier alpha value is -3.20.